The summed E-state index contributed by atoms with van der Waals surface area (Å²) in [5, 5.41) is 0. The maximum absolute atomic E-state index is 11.0. The van der Waals surface area contributed by atoms with Crippen LogP contribution in [0.15, 0.2) is 0 Å². The molecule has 1 rings (SSSR count). The Morgan fingerprint density at radius 2 is 2.40 bits per heavy atom. The first-order chi connectivity index (χ1) is 7.12. The van der Waals surface area contributed by atoms with Gasteiger partial charge in [0.2, 0.25) is 0 Å². The van der Waals surface area contributed by atoms with Gasteiger partial charge in [-0.15, -0.1) is 12.3 Å². The summed E-state index contributed by atoms with van der Waals surface area (Å²) in [7, 11) is 0. The number of hydrogen-bond acceptors (Lipinski definition) is 3. The van der Waals surface area contributed by atoms with Crippen LogP contribution < -0.4 is 0 Å². The van der Waals surface area contributed by atoms with E-state index in [1.807, 2.05) is 0 Å². The van der Waals surface area contributed by atoms with E-state index >= 15 is 0 Å². The maximum atomic E-state index is 11.0. The van der Waals surface area contributed by atoms with Gasteiger partial charge in [0, 0.05) is 26.4 Å². The van der Waals surface area contributed by atoms with Crippen molar-refractivity contribution in [1.82, 2.24) is 4.90 Å². The second-order valence-corrected chi connectivity index (χ2v) is 4.18. The van der Waals surface area contributed by atoms with Gasteiger partial charge in [-0.05, 0) is 13.0 Å². The van der Waals surface area contributed by atoms with Crippen LogP contribution >= 0.6 is 0 Å². The molecule has 1 fully saturated rings. The summed E-state index contributed by atoms with van der Waals surface area (Å²) in [6.45, 7) is 6.40. The van der Waals surface area contributed by atoms with E-state index in [2.05, 4.69) is 17.7 Å². The molecule has 3 heteroatoms. The van der Waals surface area contributed by atoms with Gasteiger partial charge < -0.3 is 4.74 Å². The van der Waals surface area contributed by atoms with E-state index in [1.165, 1.54) is 6.92 Å². The van der Waals surface area contributed by atoms with Gasteiger partial charge in [-0.2, -0.15) is 0 Å². The number of hydrogen-bond donors (Lipinski definition) is 0. The quantitative estimate of drug-likeness (QED) is 0.518. The van der Waals surface area contributed by atoms with Crippen molar-refractivity contribution in [3.8, 4) is 12.3 Å². The van der Waals surface area contributed by atoms with Crippen LogP contribution in [0.4, 0.5) is 0 Å². The molecule has 84 valence electrons. The molecule has 0 spiro atoms. The predicted octanol–water partition coefficient (Wildman–Crippen LogP) is 1.43. The van der Waals surface area contributed by atoms with Crippen LogP contribution in [-0.4, -0.2) is 36.1 Å². The molecule has 0 aliphatic carbocycles. The minimum atomic E-state index is -0.421. The summed E-state index contributed by atoms with van der Waals surface area (Å²) < 4.78 is 5.39. The molecular formula is C12H19NO2. The fourth-order valence-electron chi connectivity index (χ4n) is 2.19. The van der Waals surface area contributed by atoms with Crippen molar-refractivity contribution in [2.75, 3.05) is 19.6 Å². The summed E-state index contributed by atoms with van der Waals surface area (Å²) in [4.78, 5) is 13.3. The highest BCUT2D eigenvalue weighted by atomic mass is 16.6. The lowest BCUT2D eigenvalue weighted by atomic mass is 9.99. The zero-order valence-corrected chi connectivity index (χ0v) is 9.58. The standard InChI is InChI=1S/C12H19NO2/c1-4-6-12(15-11(3)14)7-9-13(10-12)8-5-2/h1H,5-10H2,2-3H3. The normalized spacial score (nSPS) is 26.2. The number of carbonyl (C=O) groups excluding carboxylic acids is 1. The van der Waals surface area contributed by atoms with Crippen LogP contribution in [0.3, 0.4) is 0 Å². The van der Waals surface area contributed by atoms with E-state index < -0.39 is 5.60 Å². The SMILES string of the molecule is C#CCC1(OC(C)=O)CCN(CCC)C1. The zero-order valence-electron chi connectivity index (χ0n) is 9.58. The van der Waals surface area contributed by atoms with Gasteiger partial charge >= 0.3 is 5.97 Å². The number of esters is 1. The van der Waals surface area contributed by atoms with Crippen LogP contribution in [0.25, 0.3) is 0 Å². The Balaban J connectivity index is 2.61. The molecule has 15 heavy (non-hydrogen) atoms. The lowest BCUT2D eigenvalue weighted by Crippen LogP contribution is -2.37. The second kappa shape index (κ2) is 5.18. The molecule has 1 aliphatic heterocycles. The maximum Gasteiger partial charge on any atom is 0.303 e. The van der Waals surface area contributed by atoms with Gasteiger partial charge in [0.1, 0.15) is 5.60 Å². The van der Waals surface area contributed by atoms with E-state index in [0.717, 1.165) is 32.5 Å². The van der Waals surface area contributed by atoms with Gasteiger partial charge in [0.05, 0.1) is 6.42 Å². The van der Waals surface area contributed by atoms with Gasteiger partial charge in [0.15, 0.2) is 0 Å². The summed E-state index contributed by atoms with van der Waals surface area (Å²) in [6, 6.07) is 0. The van der Waals surface area contributed by atoms with Crippen LogP contribution in [0, 0.1) is 12.3 Å². The minimum absolute atomic E-state index is 0.233. The molecule has 1 aliphatic rings. The van der Waals surface area contributed by atoms with Crippen LogP contribution in [0.5, 0.6) is 0 Å². The highest BCUT2D eigenvalue weighted by molar-refractivity contribution is 5.66. The van der Waals surface area contributed by atoms with E-state index in [9.17, 15) is 4.79 Å². The number of nitrogens with zero attached hydrogens (tertiary/aromatic N) is 1. The first kappa shape index (κ1) is 12.1. The molecule has 3 nitrogen and oxygen atoms in total. The van der Waals surface area contributed by atoms with Crippen LogP contribution in [0.2, 0.25) is 0 Å². The van der Waals surface area contributed by atoms with Gasteiger partial charge in [-0.25, -0.2) is 0 Å². The third-order valence-corrected chi connectivity index (χ3v) is 2.72. The van der Waals surface area contributed by atoms with Crippen molar-refractivity contribution < 1.29 is 9.53 Å². The average Bonchev–Trinajstić information content (AvgIpc) is 2.49. The topological polar surface area (TPSA) is 29.5 Å². The monoisotopic (exact) mass is 209 g/mol. The summed E-state index contributed by atoms with van der Waals surface area (Å²) in [5.41, 5.74) is -0.421. The second-order valence-electron chi connectivity index (χ2n) is 4.18. The lowest BCUT2D eigenvalue weighted by molar-refractivity contribution is -0.155. The number of terminal acetylenes is 1. The van der Waals surface area contributed by atoms with Crippen molar-refractivity contribution in [2.24, 2.45) is 0 Å². The minimum Gasteiger partial charge on any atom is -0.457 e. The van der Waals surface area contributed by atoms with Crippen molar-refractivity contribution >= 4 is 5.97 Å². The van der Waals surface area contributed by atoms with E-state index in [0.29, 0.717) is 6.42 Å². The predicted molar refractivity (Wildman–Crippen MR) is 59.3 cm³/mol. The molecular weight excluding hydrogens is 190 g/mol. The number of ether oxygens (including phenoxy) is 1. The highest BCUT2D eigenvalue weighted by Gasteiger charge is 2.39. The van der Waals surface area contributed by atoms with E-state index in [-0.39, 0.29) is 5.97 Å². The fraction of sp³-hybridized carbons (Fsp3) is 0.750. The third kappa shape index (κ3) is 3.24. The van der Waals surface area contributed by atoms with Crippen molar-refractivity contribution in [2.45, 2.75) is 38.7 Å². The molecule has 0 amide bonds. The van der Waals surface area contributed by atoms with Crippen LogP contribution in [0.1, 0.15) is 33.1 Å². The molecule has 1 atom stereocenters. The first-order valence-electron chi connectivity index (χ1n) is 5.47. The summed E-state index contributed by atoms with van der Waals surface area (Å²) in [6.07, 6.45) is 7.82. The molecule has 1 saturated heterocycles. The molecule has 0 bridgehead atoms. The molecule has 0 aromatic rings. The zero-order chi connectivity index (χ0) is 11.3. The largest absolute Gasteiger partial charge is 0.457 e. The Morgan fingerprint density at radius 3 is 2.93 bits per heavy atom. The number of carbonyl (C=O) groups is 1. The van der Waals surface area contributed by atoms with Crippen LogP contribution in [-0.2, 0) is 9.53 Å². The fourth-order valence-corrected chi connectivity index (χ4v) is 2.19. The number of likely N-dealkylation sites (tertiary alicyclic amines) is 1. The van der Waals surface area contributed by atoms with Gasteiger partial charge in [-0.3, -0.25) is 9.69 Å². The Labute approximate surface area is 91.8 Å². The Morgan fingerprint density at radius 1 is 1.67 bits per heavy atom. The van der Waals surface area contributed by atoms with E-state index in [4.69, 9.17) is 11.2 Å². The van der Waals surface area contributed by atoms with Gasteiger partial charge in [0.25, 0.3) is 0 Å². The Kier molecular flexibility index (Phi) is 4.16. The lowest BCUT2D eigenvalue weighted by Gasteiger charge is -2.27. The average molecular weight is 209 g/mol. The summed E-state index contributed by atoms with van der Waals surface area (Å²) in [5.74, 6) is 2.38. The van der Waals surface area contributed by atoms with Crippen molar-refractivity contribution in [3.05, 3.63) is 0 Å². The molecule has 1 unspecified atom stereocenters. The van der Waals surface area contributed by atoms with Crippen molar-refractivity contribution in [1.29, 1.82) is 0 Å². The third-order valence-electron chi connectivity index (χ3n) is 2.72. The molecule has 0 N–H and O–H groups in total. The summed E-state index contributed by atoms with van der Waals surface area (Å²) >= 11 is 0. The smallest absolute Gasteiger partial charge is 0.303 e. The molecule has 0 saturated carbocycles. The first-order valence-corrected chi connectivity index (χ1v) is 5.47. The van der Waals surface area contributed by atoms with E-state index in [1.54, 1.807) is 0 Å². The molecule has 0 radical (unpaired) electrons. The number of rotatable bonds is 4. The molecule has 1 heterocycles. The highest BCUT2D eigenvalue weighted by Crippen LogP contribution is 2.28. The van der Waals surface area contributed by atoms with Crippen molar-refractivity contribution in [3.63, 3.8) is 0 Å². The Hall–Kier alpha value is -1.01. The van der Waals surface area contributed by atoms with Gasteiger partial charge in [-0.1, -0.05) is 6.92 Å². The molecule has 0 aromatic heterocycles. The Bertz CT molecular complexity index is 269. The molecule has 0 aromatic carbocycles.